The smallest absolute Gasteiger partial charge is 0.228 e. The molecular formula is C19H11N3O. The molecule has 5 aromatic rings. The molecule has 0 aliphatic rings. The Bertz CT molecular complexity index is 1180. The van der Waals surface area contributed by atoms with E-state index in [9.17, 15) is 0 Å². The molecule has 4 nitrogen and oxygen atoms in total. The first kappa shape index (κ1) is 12.3. The summed E-state index contributed by atoms with van der Waals surface area (Å²) in [5, 5.41) is 4.28. The Morgan fingerprint density at radius 3 is 2.70 bits per heavy atom. The molecule has 1 aromatic carbocycles. The monoisotopic (exact) mass is 297 g/mol. The summed E-state index contributed by atoms with van der Waals surface area (Å²) in [6.45, 7) is 0. The second-order valence-corrected chi connectivity index (χ2v) is 5.43. The lowest BCUT2D eigenvalue weighted by atomic mass is 10.0. The number of pyridine rings is 3. The van der Waals surface area contributed by atoms with E-state index >= 15 is 0 Å². The molecule has 23 heavy (non-hydrogen) atoms. The molecule has 4 heteroatoms. The summed E-state index contributed by atoms with van der Waals surface area (Å²) < 4.78 is 5.80. The van der Waals surface area contributed by atoms with Crippen molar-refractivity contribution in [1.82, 2.24) is 15.0 Å². The minimum Gasteiger partial charge on any atom is -0.436 e. The second kappa shape index (κ2) is 4.61. The van der Waals surface area contributed by atoms with Crippen LogP contribution in [0.2, 0.25) is 0 Å². The summed E-state index contributed by atoms with van der Waals surface area (Å²) in [5.41, 5.74) is 3.28. The van der Waals surface area contributed by atoms with Gasteiger partial charge < -0.3 is 4.42 Å². The third-order valence-corrected chi connectivity index (χ3v) is 4.08. The van der Waals surface area contributed by atoms with Crippen LogP contribution in [-0.4, -0.2) is 15.0 Å². The SMILES string of the molecule is c1ccc2cc(-c3ccnc4oc5cnccc5c34)ncc2c1. The number of benzene rings is 1. The molecule has 0 amide bonds. The van der Waals surface area contributed by atoms with Gasteiger partial charge in [-0.25, -0.2) is 4.98 Å². The molecule has 0 N–H and O–H groups in total. The average molecular weight is 297 g/mol. The summed E-state index contributed by atoms with van der Waals surface area (Å²) in [6, 6.07) is 14.2. The van der Waals surface area contributed by atoms with E-state index in [1.807, 2.05) is 30.5 Å². The Morgan fingerprint density at radius 1 is 0.826 bits per heavy atom. The van der Waals surface area contributed by atoms with E-state index in [4.69, 9.17) is 4.42 Å². The van der Waals surface area contributed by atoms with E-state index in [0.29, 0.717) is 5.71 Å². The highest BCUT2D eigenvalue weighted by molar-refractivity contribution is 6.10. The Balaban J connectivity index is 1.87. The van der Waals surface area contributed by atoms with E-state index < -0.39 is 0 Å². The molecule has 0 radical (unpaired) electrons. The van der Waals surface area contributed by atoms with Crippen molar-refractivity contribution in [3.63, 3.8) is 0 Å². The molecule has 0 bridgehead atoms. The van der Waals surface area contributed by atoms with Gasteiger partial charge >= 0.3 is 0 Å². The van der Waals surface area contributed by atoms with Gasteiger partial charge in [-0.3, -0.25) is 9.97 Å². The van der Waals surface area contributed by atoms with Crippen LogP contribution in [0.25, 0.3) is 44.1 Å². The second-order valence-electron chi connectivity index (χ2n) is 5.43. The maximum absolute atomic E-state index is 5.80. The van der Waals surface area contributed by atoms with Gasteiger partial charge in [-0.1, -0.05) is 24.3 Å². The summed E-state index contributed by atoms with van der Waals surface area (Å²) in [5.74, 6) is 0. The molecule has 0 aliphatic heterocycles. The van der Waals surface area contributed by atoms with Crippen molar-refractivity contribution in [1.29, 1.82) is 0 Å². The highest BCUT2D eigenvalue weighted by Crippen LogP contribution is 2.34. The standard InChI is InChI=1S/C19H11N3O/c1-2-4-13-10-22-16(9-12(13)3-1)14-6-8-21-19-18(14)15-5-7-20-11-17(15)23-19/h1-11H. The zero-order valence-corrected chi connectivity index (χ0v) is 12.1. The van der Waals surface area contributed by atoms with E-state index in [0.717, 1.165) is 38.4 Å². The molecule has 0 aliphatic carbocycles. The fourth-order valence-corrected chi connectivity index (χ4v) is 3.00. The number of aromatic nitrogens is 3. The van der Waals surface area contributed by atoms with Gasteiger partial charge in [-0.05, 0) is 23.6 Å². The topological polar surface area (TPSA) is 51.8 Å². The Hall–Kier alpha value is -3.27. The molecule has 5 rings (SSSR count). The summed E-state index contributed by atoms with van der Waals surface area (Å²) in [4.78, 5) is 13.1. The van der Waals surface area contributed by atoms with Crippen LogP contribution in [0.5, 0.6) is 0 Å². The number of fused-ring (bicyclic) bond motifs is 4. The molecule has 108 valence electrons. The van der Waals surface area contributed by atoms with Gasteiger partial charge in [-0.15, -0.1) is 0 Å². The zero-order valence-electron chi connectivity index (χ0n) is 12.1. The lowest BCUT2D eigenvalue weighted by Gasteiger charge is -2.04. The molecule has 4 heterocycles. The van der Waals surface area contributed by atoms with Crippen LogP contribution in [0, 0.1) is 0 Å². The molecule has 0 saturated heterocycles. The van der Waals surface area contributed by atoms with Crippen LogP contribution in [0.15, 0.2) is 71.7 Å². The minimum absolute atomic E-state index is 0.612. The first-order valence-electron chi connectivity index (χ1n) is 7.36. The predicted molar refractivity (Wildman–Crippen MR) is 90.0 cm³/mol. The van der Waals surface area contributed by atoms with E-state index in [1.54, 1.807) is 18.6 Å². The van der Waals surface area contributed by atoms with E-state index in [1.165, 1.54) is 0 Å². The van der Waals surface area contributed by atoms with Crippen LogP contribution >= 0.6 is 0 Å². The molecule has 0 spiro atoms. The predicted octanol–water partition coefficient (Wildman–Crippen LogP) is 4.59. The van der Waals surface area contributed by atoms with Gasteiger partial charge in [0.15, 0.2) is 5.58 Å². The molecule has 0 saturated carbocycles. The zero-order chi connectivity index (χ0) is 15.2. The number of furan rings is 1. The van der Waals surface area contributed by atoms with Crippen LogP contribution in [-0.2, 0) is 0 Å². The Labute approximate surface area is 131 Å². The first-order chi connectivity index (χ1) is 11.4. The number of rotatable bonds is 1. The van der Waals surface area contributed by atoms with Gasteiger partial charge in [0.05, 0.1) is 17.3 Å². The average Bonchev–Trinajstić information content (AvgIpc) is 3.00. The van der Waals surface area contributed by atoms with Gasteiger partial charge in [-0.2, -0.15) is 0 Å². The summed E-state index contributed by atoms with van der Waals surface area (Å²) in [7, 11) is 0. The molecule has 0 unspecified atom stereocenters. The van der Waals surface area contributed by atoms with Crippen molar-refractivity contribution in [2.24, 2.45) is 0 Å². The minimum atomic E-state index is 0.612. The Kier molecular flexibility index (Phi) is 2.46. The van der Waals surface area contributed by atoms with Crippen molar-refractivity contribution in [2.75, 3.05) is 0 Å². The molecule has 0 atom stereocenters. The number of hydrogen-bond donors (Lipinski definition) is 0. The van der Waals surface area contributed by atoms with Crippen LogP contribution in [0.4, 0.5) is 0 Å². The largest absolute Gasteiger partial charge is 0.436 e. The van der Waals surface area contributed by atoms with Crippen LogP contribution in [0.3, 0.4) is 0 Å². The van der Waals surface area contributed by atoms with Crippen LogP contribution < -0.4 is 0 Å². The summed E-state index contributed by atoms with van der Waals surface area (Å²) in [6.07, 6.45) is 7.14. The molecule has 4 aromatic heterocycles. The van der Waals surface area contributed by atoms with Gasteiger partial charge in [0.2, 0.25) is 5.71 Å². The fraction of sp³-hybridized carbons (Fsp3) is 0. The maximum Gasteiger partial charge on any atom is 0.228 e. The van der Waals surface area contributed by atoms with Crippen molar-refractivity contribution in [3.8, 4) is 11.3 Å². The van der Waals surface area contributed by atoms with E-state index in [-0.39, 0.29) is 0 Å². The van der Waals surface area contributed by atoms with Crippen molar-refractivity contribution in [3.05, 3.63) is 67.3 Å². The third kappa shape index (κ3) is 1.82. The van der Waals surface area contributed by atoms with Crippen molar-refractivity contribution < 1.29 is 4.42 Å². The quantitative estimate of drug-likeness (QED) is 0.454. The van der Waals surface area contributed by atoms with Crippen molar-refractivity contribution in [2.45, 2.75) is 0 Å². The van der Waals surface area contributed by atoms with Crippen molar-refractivity contribution >= 4 is 32.8 Å². The van der Waals surface area contributed by atoms with Gasteiger partial charge in [0.25, 0.3) is 0 Å². The fourth-order valence-electron chi connectivity index (χ4n) is 3.00. The lowest BCUT2D eigenvalue weighted by molar-refractivity contribution is 0.652. The number of nitrogens with zero attached hydrogens (tertiary/aromatic N) is 3. The maximum atomic E-state index is 5.80. The summed E-state index contributed by atoms with van der Waals surface area (Å²) >= 11 is 0. The Morgan fingerprint density at radius 2 is 1.74 bits per heavy atom. The highest BCUT2D eigenvalue weighted by atomic mass is 16.3. The van der Waals surface area contributed by atoms with Gasteiger partial charge in [0, 0.05) is 34.9 Å². The van der Waals surface area contributed by atoms with Crippen LogP contribution in [0.1, 0.15) is 0 Å². The molecular weight excluding hydrogens is 286 g/mol. The highest BCUT2D eigenvalue weighted by Gasteiger charge is 2.14. The third-order valence-electron chi connectivity index (χ3n) is 4.08. The lowest BCUT2D eigenvalue weighted by Crippen LogP contribution is -1.86. The van der Waals surface area contributed by atoms with Gasteiger partial charge in [0.1, 0.15) is 0 Å². The first-order valence-corrected chi connectivity index (χ1v) is 7.36. The normalized spacial score (nSPS) is 11.5. The van der Waals surface area contributed by atoms with E-state index in [2.05, 4.69) is 33.2 Å². The number of hydrogen-bond acceptors (Lipinski definition) is 4. The molecule has 0 fully saturated rings.